The number of likely N-dealkylation sites (N-methyl/N-ethyl adjacent to an activating group) is 1. The van der Waals surface area contributed by atoms with Crippen molar-refractivity contribution in [2.75, 3.05) is 13.6 Å². The van der Waals surface area contributed by atoms with Gasteiger partial charge in [0.1, 0.15) is 5.75 Å². The van der Waals surface area contributed by atoms with E-state index in [1.165, 1.54) is 18.2 Å². The highest BCUT2D eigenvalue weighted by atomic mass is 35.5. The van der Waals surface area contributed by atoms with E-state index in [9.17, 15) is 18.0 Å². The van der Waals surface area contributed by atoms with Gasteiger partial charge in [0.15, 0.2) is 0 Å². The molecule has 0 aliphatic carbocycles. The zero-order valence-corrected chi connectivity index (χ0v) is 14.8. The van der Waals surface area contributed by atoms with Gasteiger partial charge in [0.05, 0.1) is 6.54 Å². The predicted molar refractivity (Wildman–Crippen MR) is 92.8 cm³/mol. The lowest BCUT2D eigenvalue weighted by Gasteiger charge is -2.17. The highest BCUT2D eigenvalue weighted by Gasteiger charge is 2.31. The summed E-state index contributed by atoms with van der Waals surface area (Å²) in [6, 6.07) is 13.0. The number of hydrogen-bond donors (Lipinski definition) is 1. The van der Waals surface area contributed by atoms with Crippen molar-refractivity contribution in [1.82, 2.24) is 10.2 Å². The first-order chi connectivity index (χ1) is 12.2. The van der Waals surface area contributed by atoms with Crippen molar-refractivity contribution in [1.29, 1.82) is 0 Å². The highest BCUT2D eigenvalue weighted by molar-refractivity contribution is 6.30. The first-order valence-corrected chi connectivity index (χ1v) is 8.14. The summed E-state index contributed by atoms with van der Waals surface area (Å²) in [5, 5.41) is 3.21. The number of amides is 1. The van der Waals surface area contributed by atoms with E-state index in [0.29, 0.717) is 11.6 Å². The highest BCUT2D eigenvalue weighted by Crippen LogP contribution is 2.26. The van der Waals surface area contributed by atoms with Gasteiger partial charge in [-0.3, -0.25) is 9.69 Å². The molecule has 2 aromatic carbocycles. The Morgan fingerprint density at radius 2 is 1.92 bits per heavy atom. The van der Waals surface area contributed by atoms with Crippen LogP contribution in [-0.4, -0.2) is 30.8 Å². The molecule has 0 saturated carbocycles. The number of carbonyl (C=O) groups excluding carboxylic acids is 1. The van der Waals surface area contributed by atoms with Gasteiger partial charge < -0.3 is 10.1 Å². The number of para-hydroxylation sites is 1. The molecule has 2 rings (SSSR count). The Balaban J connectivity index is 1.87. The van der Waals surface area contributed by atoms with Crippen molar-refractivity contribution in [3.8, 4) is 5.75 Å². The van der Waals surface area contributed by atoms with Crippen molar-refractivity contribution in [3.05, 3.63) is 64.7 Å². The summed E-state index contributed by atoms with van der Waals surface area (Å²) in [7, 11) is 1.77. The first kappa shape index (κ1) is 20.1. The Kier molecular flexibility index (Phi) is 6.88. The van der Waals surface area contributed by atoms with Crippen molar-refractivity contribution in [3.63, 3.8) is 0 Å². The summed E-state index contributed by atoms with van der Waals surface area (Å²) in [6.45, 7) is 0.548. The molecule has 0 aliphatic rings. The van der Waals surface area contributed by atoms with Gasteiger partial charge in [0.25, 0.3) is 0 Å². The Hall–Kier alpha value is -2.25. The lowest BCUT2D eigenvalue weighted by Crippen LogP contribution is -2.34. The Bertz CT molecular complexity index is 753. The van der Waals surface area contributed by atoms with E-state index in [4.69, 9.17) is 11.6 Å². The molecule has 0 spiro atoms. The summed E-state index contributed by atoms with van der Waals surface area (Å²) in [5.41, 5.74) is 1.20. The lowest BCUT2D eigenvalue weighted by atomic mass is 10.2. The normalized spacial score (nSPS) is 11.5. The van der Waals surface area contributed by atoms with E-state index in [1.54, 1.807) is 30.1 Å². The third-order valence-electron chi connectivity index (χ3n) is 3.43. The molecule has 0 radical (unpaired) electrons. The Labute approximate surface area is 154 Å². The summed E-state index contributed by atoms with van der Waals surface area (Å²) in [6.07, 6.45) is -4.78. The fourth-order valence-corrected chi connectivity index (χ4v) is 2.58. The van der Waals surface area contributed by atoms with Crippen LogP contribution in [0.4, 0.5) is 13.2 Å². The molecule has 1 amide bonds. The van der Waals surface area contributed by atoms with Gasteiger partial charge >= 0.3 is 6.36 Å². The predicted octanol–water partition coefficient (Wildman–Crippen LogP) is 3.99. The molecule has 8 heteroatoms. The molecule has 4 nitrogen and oxygen atoms in total. The van der Waals surface area contributed by atoms with Crippen LogP contribution in [0.1, 0.15) is 11.1 Å². The molecule has 0 bridgehead atoms. The summed E-state index contributed by atoms with van der Waals surface area (Å²) >= 11 is 5.92. The minimum absolute atomic E-state index is 0.0594. The smallest absolute Gasteiger partial charge is 0.405 e. The molecule has 26 heavy (non-hydrogen) atoms. The fraction of sp³-hybridized carbons (Fsp3) is 0.278. The molecular weight excluding hydrogens is 369 g/mol. The van der Waals surface area contributed by atoms with Crippen LogP contribution in [-0.2, 0) is 17.9 Å². The van der Waals surface area contributed by atoms with E-state index in [2.05, 4.69) is 10.1 Å². The van der Waals surface area contributed by atoms with Gasteiger partial charge in [0.2, 0.25) is 5.91 Å². The second-order valence-electron chi connectivity index (χ2n) is 5.73. The fourth-order valence-electron chi connectivity index (χ4n) is 2.37. The third-order valence-corrected chi connectivity index (χ3v) is 3.66. The number of alkyl halides is 3. The number of rotatable bonds is 7. The summed E-state index contributed by atoms with van der Waals surface area (Å²) in [5.74, 6) is -0.635. The Morgan fingerprint density at radius 3 is 2.62 bits per heavy atom. The maximum Gasteiger partial charge on any atom is 0.573 e. The largest absolute Gasteiger partial charge is 0.573 e. The van der Waals surface area contributed by atoms with Crippen molar-refractivity contribution >= 4 is 17.5 Å². The molecule has 0 saturated heterocycles. The molecule has 1 N–H and O–H groups in total. The van der Waals surface area contributed by atoms with Crippen LogP contribution in [0.2, 0.25) is 5.02 Å². The van der Waals surface area contributed by atoms with Gasteiger partial charge in [-0.05, 0) is 30.8 Å². The van der Waals surface area contributed by atoms with Gasteiger partial charge in [-0.1, -0.05) is 41.9 Å². The third kappa shape index (κ3) is 6.93. The summed E-state index contributed by atoms with van der Waals surface area (Å²) < 4.78 is 41.2. The van der Waals surface area contributed by atoms with Crippen LogP contribution in [0, 0.1) is 0 Å². The van der Waals surface area contributed by atoms with Crippen molar-refractivity contribution < 1.29 is 22.7 Å². The minimum Gasteiger partial charge on any atom is -0.405 e. The number of halogens is 4. The second kappa shape index (κ2) is 8.91. The first-order valence-electron chi connectivity index (χ1n) is 7.76. The topological polar surface area (TPSA) is 41.6 Å². The van der Waals surface area contributed by atoms with E-state index in [-0.39, 0.29) is 30.3 Å². The SMILES string of the molecule is CN(CC(=O)NCc1ccccc1OC(F)(F)F)Cc1cccc(Cl)c1. The van der Waals surface area contributed by atoms with Crippen LogP contribution < -0.4 is 10.1 Å². The standard InChI is InChI=1S/C18H18ClF3N2O2/c1-24(11-13-5-4-7-15(19)9-13)12-17(25)23-10-14-6-2-3-8-16(14)26-18(20,21)22/h2-9H,10-12H2,1H3,(H,23,25). The number of hydrogen-bond acceptors (Lipinski definition) is 3. The monoisotopic (exact) mass is 386 g/mol. The zero-order chi connectivity index (χ0) is 19.2. The number of carbonyl (C=O) groups is 1. The molecule has 140 valence electrons. The molecule has 0 atom stereocenters. The minimum atomic E-state index is -4.78. The van der Waals surface area contributed by atoms with E-state index >= 15 is 0 Å². The Morgan fingerprint density at radius 1 is 1.19 bits per heavy atom. The van der Waals surface area contributed by atoms with Crippen LogP contribution in [0.5, 0.6) is 5.75 Å². The average Bonchev–Trinajstić information content (AvgIpc) is 2.52. The number of nitrogens with one attached hydrogen (secondary N) is 1. The van der Waals surface area contributed by atoms with Crippen LogP contribution in [0.3, 0.4) is 0 Å². The molecule has 0 heterocycles. The second-order valence-corrected chi connectivity index (χ2v) is 6.17. The molecular formula is C18H18ClF3N2O2. The maximum atomic E-state index is 12.4. The quantitative estimate of drug-likeness (QED) is 0.782. The average molecular weight is 387 g/mol. The van der Waals surface area contributed by atoms with Gasteiger partial charge in [-0.15, -0.1) is 13.2 Å². The number of ether oxygens (including phenoxy) is 1. The van der Waals surface area contributed by atoms with E-state index < -0.39 is 6.36 Å². The van der Waals surface area contributed by atoms with Crippen molar-refractivity contribution in [2.24, 2.45) is 0 Å². The zero-order valence-electron chi connectivity index (χ0n) is 14.0. The van der Waals surface area contributed by atoms with E-state index in [1.807, 2.05) is 12.1 Å². The van der Waals surface area contributed by atoms with Gasteiger partial charge in [-0.2, -0.15) is 0 Å². The van der Waals surface area contributed by atoms with Crippen LogP contribution in [0.15, 0.2) is 48.5 Å². The molecule has 2 aromatic rings. The van der Waals surface area contributed by atoms with E-state index in [0.717, 1.165) is 5.56 Å². The number of benzene rings is 2. The lowest BCUT2D eigenvalue weighted by molar-refractivity contribution is -0.274. The summed E-state index contributed by atoms with van der Waals surface area (Å²) in [4.78, 5) is 13.8. The van der Waals surface area contributed by atoms with Crippen LogP contribution >= 0.6 is 11.6 Å². The van der Waals surface area contributed by atoms with Gasteiger partial charge in [-0.25, -0.2) is 0 Å². The molecule has 0 aliphatic heterocycles. The molecule has 0 fully saturated rings. The molecule has 0 aromatic heterocycles. The van der Waals surface area contributed by atoms with Gasteiger partial charge in [0, 0.05) is 23.7 Å². The van der Waals surface area contributed by atoms with Crippen LogP contribution in [0.25, 0.3) is 0 Å². The molecule has 0 unspecified atom stereocenters. The van der Waals surface area contributed by atoms with Crippen molar-refractivity contribution in [2.45, 2.75) is 19.5 Å². The number of nitrogens with zero attached hydrogens (tertiary/aromatic N) is 1. The maximum absolute atomic E-state index is 12.4.